The van der Waals surface area contributed by atoms with E-state index in [1.807, 2.05) is 0 Å². The zero-order valence-electron chi connectivity index (χ0n) is 19.9. The van der Waals surface area contributed by atoms with Crippen molar-refractivity contribution in [2.24, 2.45) is 5.14 Å². The molecule has 1 saturated heterocycles. The third-order valence-electron chi connectivity index (χ3n) is 6.05. The minimum Gasteiger partial charge on any atom is -0.353 e. The Hall–Kier alpha value is -2.98. The number of hydrogen-bond acceptors (Lipinski definition) is 7. The largest absolute Gasteiger partial charge is 0.451 e. The molecule has 2 atom stereocenters. The van der Waals surface area contributed by atoms with E-state index in [1.165, 1.54) is 36.4 Å². The van der Waals surface area contributed by atoms with Crippen LogP contribution in [0.25, 0.3) is 22.4 Å². The summed E-state index contributed by atoms with van der Waals surface area (Å²) in [6.45, 7) is 2.31. The van der Waals surface area contributed by atoms with Crippen molar-refractivity contribution < 1.29 is 34.7 Å². The number of rotatable bonds is 6. The number of sulfonamides is 1. The summed E-state index contributed by atoms with van der Waals surface area (Å²) in [6.07, 6.45) is -4.92. The standard InChI is InChI=1S/C23H23F4N5O4S2/c1-14-12-31(9-10-32(14)13-37(33)34)21-19(16-3-2-4-18(11-16)38(28,35)36)20(15-5-7-17(24)8-6-15)29-22(30-21)23(25,26)27/h2-8,11,14H,9-10,12-13H2,1H3,(H,33,34)(H2,28,35,36). The lowest BCUT2D eigenvalue weighted by atomic mass is 9.98. The predicted octanol–water partition coefficient (Wildman–Crippen LogP) is 3.31. The zero-order valence-corrected chi connectivity index (χ0v) is 21.5. The number of primary sulfonamides is 1. The van der Waals surface area contributed by atoms with Gasteiger partial charge in [-0.3, -0.25) is 4.90 Å². The van der Waals surface area contributed by atoms with Crippen LogP contribution < -0.4 is 10.0 Å². The Morgan fingerprint density at radius 2 is 1.79 bits per heavy atom. The average molecular weight is 574 g/mol. The maximum atomic E-state index is 14.0. The third-order valence-corrected chi connectivity index (χ3v) is 7.52. The van der Waals surface area contributed by atoms with Gasteiger partial charge in [-0.2, -0.15) is 13.2 Å². The Kier molecular flexibility index (Phi) is 7.86. The van der Waals surface area contributed by atoms with Gasteiger partial charge >= 0.3 is 6.18 Å². The maximum absolute atomic E-state index is 14.0. The smallest absolute Gasteiger partial charge is 0.353 e. The van der Waals surface area contributed by atoms with E-state index < -0.39 is 38.9 Å². The third kappa shape index (κ3) is 6.18. The van der Waals surface area contributed by atoms with Gasteiger partial charge in [-0.15, -0.1) is 0 Å². The second kappa shape index (κ2) is 10.6. The molecule has 4 rings (SSSR count). The number of halogens is 4. The predicted molar refractivity (Wildman–Crippen MR) is 133 cm³/mol. The van der Waals surface area contributed by atoms with Gasteiger partial charge in [0.15, 0.2) is 11.1 Å². The minimum atomic E-state index is -4.92. The molecule has 0 radical (unpaired) electrons. The summed E-state index contributed by atoms with van der Waals surface area (Å²) in [6, 6.07) is 9.70. The van der Waals surface area contributed by atoms with Crippen LogP contribution in [0.3, 0.4) is 0 Å². The summed E-state index contributed by atoms with van der Waals surface area (Å²) in [5.74, 6) is -2.28. The van der Waals surface area contributed by atoms with Crippen LogP contribution in [-0.4, -0.2) is 63.6 Å². The second-order valence-corrected chi connectivity index (χ2v) is 11.2. The highest BCUT2D eigenvalue weighted by molar-refractivity contribution is 7.89. The summed E-state index contributed by atoms with van der Waals surface area (Å²) in [5.41, 5.74) is 0.256. The first-order valence-corrected chi connectivity index (χ1v) is 14.0. The Labute approximate surface area is 218 Å². The van der Waals surface area contributed by atoms with Gasteiger partial charge in [-0.05, 0) is 48.9 Å². The number of anilines is 1. The monoisotopic (exact) mass is 573 g/mol. The highest BCUT2D eigenvalue weighted by Gasteiger charge is 2.38. The van der Waals surface area contributed by atoms with Crippen LogP contribution in [0.15, 0.2) is 53.4 Å². The van der Waals surface area contributed by atoms with E-state index in [4.69, 9.17) is 5.14 Å². The molecule has 3 N–H and O–H groups in total. The zero-order chi connectivity index (χ0) is 27.8. The molecule has 2 unspecified atom stereocenters. The van der Waals surface area contributed by atoms with Gasteiger partial charge in [0.2, 0.25) is 15.8 Å². The molecule has 0 amide bonds. The molecule has 1 aliphatic heterocycles. The molecule has 15 heteroatoms. The molecule has 1 fully saturated rings. The number of hydrogen-bond donors (Lipinski definition) is 2. The van der Waals surface area contributed by atoms with Crippen molar-refractivity contribution in [1.29, 1.82) is 0 Å². The molecule has 9 nitrogen and oxygen atoms in total. The fourth-order valence-corrected chi connectivity index (χ4v) is 5.46. The lowest BCUT2D eigenvalue weighted by Crippen LogP contribution is -2.53. The van der Waals surface area contributed by atoms with E-state index in [0.29, 0.717) is 0 Å². The van der Waals surface area contributed by atoms with Crippen LogP contribution in [0.2, 0.25) is 0 Å². The molecular weight excluding hydrogens is 550 g/mol. The quantitative estimate of drug-likeness (QED) is 0.340. The van der Waals surface area contributed by atoms with Crippen molar-refractivity contribution in [2.45, 2.75) is 24.0 Å². The van der Waals surface area contributed by atoms with Crippen LogP contribution in [0, 0.1) is 5.82 Å². The lowest BCUT2D eigenvalue weighted by Gasteiger charge is -2.40. The molecule has 0 saturated carbocycles. The van der Waals surface area contributed by atoms with Crippen molar-refractivity contribution in [2.75, 3.05) is 30.4 Å². The molecular formula is C23H23F4N5O4S2. The Morgan fingerprint density at radius 3 is 2.37 bits per heavy atom. The van der Waals surface area contributed by atoms with Crippen LogP contribution in [0.5, 0.6) is 0 Å². The molecule has 1 aromatic heterocycles. The molecule has 0 aliphatic carbocycles. The molecule has 0 spiro atoms. The topological polar surface area (TPSA) is 130 Å². The van der Waals surface area contributed by atoms with Gasteiger partial charge < -0.3 is 9.45 Å². The average Bonchev–Trinajstić information content (AvgIpc) is 2.84. The molecule has 38 heavy (non-hydrogen) atoms. The molecule has 2 aromatic carbocycles. The highest BCUT2D eigenvalue weighted by atomic mass is 32.2. The number of aromatic nitrogens is 2. The lowest BCUT2D eigenvalue weighted by molar-refractivity contribution is -0.144. The molecule has 3 aromatic rings. The van der Waals surface area contributed by atoms with Crippen LogP contribution in [-0.2, 0) is 27.3 Å². The van der Waals surface area contributed by atoms with Gasteiger partial charge in [0.25, 0.3) is 0 Å². The van der Waals surface area contributed by atoms with E-state index in [1.54, 1.807) is 16.7 Å². The number of piperazine rings is 1. The number of nitrogens with zero attached hydrogens (tertiary/aromatic N) is 4. The Balaban J connectivity index is 1.98. The van der Waals surface area contributed by atoms with Crippen LogP contribution in [0.4, 0.5) is 23.4 Å². The first kappa shape index (κ1) is 28.0. The molecule has 2 heterocycles. The Bertz CT molecular complexity index is 1470. The van der Waals surface area contributed by atoms with E-state index in [-0.39, 0.29) is 64.7 Å². The second-order valence-electron chi connectivity index (χ2n) is 8.73. The van der Waals surface area contributed by atoms with Crippen molar-refractivity contribution >= 4 is 26.9 Å². The molecule has 0 bridgehead atoms. The van der Waals surface area contributed by atoms with Gasteiger partial charge in [0.05, 0.1) is 16.2 Å². The summed E-state index contributed by atoms with van der Waals surface area (Å²) in [7, 11) is -4.16. The first-order chi connectivity index (χ1) is 17.7. The molecule has 204 valence electrons. The van der Waals surface area contributed by atoms with Gasteiger partial charge in [-0.1, -0.05) is 12.1 Å². The van der Waals surface area contributed by atoms with Gasteiger partial charge in [-0.25, -0.2) is 32.1 Å². The SMILES string of the molecule is CC1CN(c2nc(C(F)(F)F)nc(-c3ccc(F)cc3)c2-c2cccc(S(N)(=O)=O)c2)CCN1CS(=O)O. The summed E-state index contributed by atoms with van der Waals surface area (Å²) in [4.78, 5) is 10.7. The summed E-state index contributed by atoms with van der Waals surface area (Å²) < 4.78 is 100. The van der Waals surface area contributed by atoms with Gasteiger partial charge in [0, 0.05) is 31.2 Å². The van der Waals surface area contributed by atoms with Crippen LogP contribution >= 0.6 is 0 Å². The van der Waals surface area contributed by atoms with E-state index >= 15 is 0 Å². The highest BCUT2D eigenvalue weighted by Crippen LogP contribution is 2.41. The van der Waals surface area contributed by atoms with Crippen molar-refractivity contribution in [1.82, 2.24) is 14.9 Å². The van der Waals surface area contributed by atoms with Crippen molar-refractivity contribution in [3.63, 3.8) is 0 Å². The fourth-order valence-electron chi connectivity index (χ4n) is 4.24. The fraction of sp³-hybridized carbons (Fsp3) is 0.304. The first-order valence-electron chi connectivity index (χ1n) is 11.2. The maximum Gasteiger partial charge on any atom is 0.451 e. The van der Waals surface area contributed by atoms with E-state index in [0.717, 1.165) is 12.1 Å². The van der Waals surface area contributed by atoms with Crippen molar-refractivity contribution in [3.05, 3.63) is 60.2 Å². The summed E-state index contributed by atoms with van der Waals surface area (Å²) >= 11 is -2.10. The number of benzene rings is 2. The minimum absolute atomic E-state index is 0.0986. The number of alkyl halides is 3. The summed E-state index contributed by atoms with van der Waals surface area (Å²) in [5, 5.41) is 5.29. The molecule has 1 aliphatic rings. The van der Waals surface area contributed by atoms with Crippen molar-refractivity contribution in [3.8, 4) is 22.4 Å². The van der Waals surface area contributed by atoms with E-state index in [2.05, 4.69) is 9.97 Å². The van der Waals surface area contributed by atoms with Gasteiger partial charge in [0.1, 0.15) is 17.5 Å². The van der Waals surface area contributed by atoms with Crippen LogP contribution in [0.1, 0.15) is 12.7 Å². The normalized spacial score (nSPS) is 18.0. The Morgan fingerprint density at radius 1 is 1.11 bits per heavy atom. The van der Waals surface area contributed by atoms with E-state index in [9.17, 15) is 34.7 Å². The number of nitrogens with two attached hydrogens (primary N) is 1.